The molecule has 0 aromatic rings. The zero-order chi connectivity index (χ0) is 18.5. The Morgan fingerprint density at radius 2 is 1.52 bits per heavy atom. The van der Waals surface area contributed by atoms with E-state index in [1.54, 1.807) is 0 Å². The van der Waals surface area contributed by atoms with Crippen LogP contribution < -0.4 is 22.9 Å². The maximum Gasteiger partial charge on any atom is 0.338 e. The van der Waals surface area contributed by atoms with E-state index in [1.165, 1.54) is 0 Å². The summed E-state index contributed by atoms with van der Waals surface area (Å²) in [5.74, 6) is -3.12. The second-order valence-corrected chi connectivity index (χ2v) is 5.18. The molecule has 10 nitrogen and oxygen atoms in total. The van der Waals surface area contributed by atoms with Gasteiger partial charge >= 0.3 is 17.9 Å². The predicted molar refractivity (Wildman–Crippen MR) is 83.4 cm³/mol. The third-order valence-corrected chi connectivity index (χ3v) is 2.92. The molecule has 0 saturated carbocycles. The molecule has 1 atom stereocenters. The average Bonchev–Trinajstić information content (AvgIpc) is 2.44. The normalized spacial score (nSPS) is 12.0. The molecule has 10 heteroatoms. The van der Waals surface area contributed by atoms with Crippen molar-refractivity contribution >= 4 is 17.9 Å². The highest BCUT2D eigenvalue weighted by Crippen LogP contribution is 2.07. The van der Waals surface area contributed by atoms with Crippen molar-refractivity contribution in [3.05, 3.63) is 0 Å². The van der Waals surface area contributed by atoms with Gasteiger partial charge in [0.05, 0.1) is 0 Å². The van der Waals surface area contributed by atoms with Crippen molar-refractivity contribution in [1.29, 1.82) is 0 Å². The van der Waals surface area contributed by atoms with Crippen molar-refractivity contribution in [3.63, 3.8) is 0 Å². The van der Waals surface area contributed by atoms with E-state index in [0.29, 0.717) is 25.8 Å². The summed E-state index contributed by atoms with van der Waals surface area (Å²) in [7, 11) is 0. The van der Waals surface area contributed by atoms with E-state index in [9.17, 15) is 14.4 Å². The van der Waals surface area contributed by atoms with Crippen LogP contribution in [0.3, 0.4) is 0 Å². The summed E-state index contributed by atoms with van der Waals surface area (Å²) in [5, 5.41) is 25.1. The topological polar surface area (TPSA) is 216 Å². The van der Waals surface area contributed by atoms with Crippen LogP contribution in [0.2, 0.25) is 0 Å². The maximum atomic E-state index is 10.4. The predicted octanol–water partition coefficient (Wildman–Crippen LogP) is -1.14. The molecule has 0 aromatic carbocycles. The van der Waals surface area contributed by atoms with Gasteiger partial charge in [-0.3, -0.25) is 9.59 Å². The van der Waals surface area contributed by atoms with Crippen LogP contribution in [0.25, 0.3) is 0 Å². The van der Waals surface area contributed by atoms with Crippen LogP contribution in [0.5, 0.6) is 0 Å². The Balaban J connectivity index is 0. The van der Waals surface area contributed by atoms with Gasteiger partial charge in [0, 0.05) is 6.42 Å². The van der Waals surface area contributed by atoms with Gasteiger partial charge in [-0.25, -0.2) is 4.79 Å². The molecule has 0 aliphatic rings. The summed E-state index contributed by atoms with van der Waals surface area (Å²) in [6.45, 7) is 0.604. The van der Waals surface area contributed by atoms with Crippen molar-refractivity contribution in [3.8, 4) is 0 Å². The molecular formula is C13H28N4O6. The summed E-state index contributed by atoms with van der Waals surface area (Å²) in [6.07, 6.45) is 3.03. The summed E-state index contributed by atoms with van der Waals surface area (Å²) < 4.78 is 0. The van der Waals surface area contributed by atoms with Gasteiger partial charge in [-0.2, -0.15) is 0 Å². The molecule has 136 valence electrons. The van der Waals surface area contributed by atoms with Gasteiger partial charge in [0.15, 0.2) is 5.66 Å². The highest BCUT2D eigenvalue weighted by atomic mass is 16.4. The minimum absolute atomic E-state index is 0.00962. The van der Waals surface area contributed by atoms with Crippen LogP contribution in [0.15, 0.2) is 0 Å². The van der Waals surface area contributed by atoms with E-state index < -0.39 is 29.6 Å². The Bertz CT molecular complexity index is 375. The van der Waals surface area contributed by atoms with Gasteiger partial charge in [0.2, 0.25) is 0 Å². The van der Waals surface area contributed by atoms with Gasteiger partial charge in [0.1, 0.15) is 6.04 Å². The first kappa shape index (κ1) is 23.5. The number of hydrogen-bond donors (Lipinski definition) is 7. The van der Waals surface area contributed by atoms with E-state index >= 15 is 0 Å². The van der Waals surface area contributed by atoms with Crippen molar-refractivity contribution < 1.29 is 29.7 Å². The fourth-order valence-electron chi connectivity index (χ4n) is 1.43. The molecule has 0 bridgehead atoms. The van der Waals surface area contributed by atoms with Crippen LogP contribution in [-0.2, 0) is 14.4 Å². The van der Waals surface area contributed by atoms with Gasteiger partial charge in [0.25, 0.3) is 0 Å². The monoisotopic (exact) mass is 336 g/mol. The zero-order valence-electron chi connectivity index (χ0n) is 13.1. The fraction of sp³-hybridized carbons (Fsp3) is 0.769. The number of carbonyl (C=O) groups is 3. The molecule has 0 radical (unpaired) electrons. The zero-order valence-corrected chi connectivity index (χ0v) is 13.1. The molecule has 11 N–H and O–H groups in total. The summed E-state index contributed by atoms with van der Waals surface area (Å²) in [5.41, 5.74) is 19.1. The Labute approximate surface area is 134 Å². The number of rotatable bonds is 11. The molecule has 0 rings (SSSR count). The van der Waals surface area contributed by atoms with Gasteiger partial charge < -0.3 is 38.3 Å². The Hall–Kier alpha value is -1.75. The third kappa shape index (κ3) is 14.9. The molecule has 0 aromatic heterocycles. The largest absolute Gasteiger partial charge is 0.481 e. The van der Waals surface area contributed by atoms with Crippen LogP contribution in [0.4, 0.5) is 0 Å². The van der Waals surface area contributed by atoms with E-state index in [2.05, 4.69) is 0 Å². The van der Waals surface area contributed by atoms with Gasteiger partial charge in [-0.05, 0) is 38.6 Å². The molecule has 0 heterocycles. The molecule has 0 spiro atoms. The molecule has 0 fully saturated rings. The molecule has 0 amide bonds. The van der Waals surface area contributed by atoms with E-state index in [0.717, 1.165) is 12.8 Å². The van der Waals surface area contributed by atoms with E-state index in [1.807, 2.05) is 0 Å². The highest BCUT2D eigenvalue weighted by Gasteiger charge is 2.27. The number of nitrogens with two attached hydrogens (primary N) is 4. The minimum atomic E-state index is -1.74. The lowest BCUT2D eigenvalue weighted by atomic mass is 10.0. The maximum absolute atomic E-state index is 10.4. The van der Waals surface area contributed by atoms with Crippen molar-refractivity contribution in [2.75, 3.05) is 6.54 Å². The Morgan fingerprint density at radius 3 is 1.91 bits per heavy atom. The number of carboxylic acid groups (broad SMARTS) is 3. The first-order valence-electron chi connectivity index (χ1n) is 7.26. The molecular weight excluding hydrogens is 308 g/mol. The van der Waals surface area contributed by atoms with Gasteiger partial charge in [-0.15, -0.1) is 0 Å². The second kappa shape index (κ2) is 12.8. The smallest absolute Gasteiger partial charge is 0.338 e. The Kier molecular flexibility index (Phi) is 13.0. The number of aliphatic carboxylic acids is 3. The molecule has 23 heavy (non-hydrogen) atoms. The van der Waals surface area contributed by atoms with Crippen LogP contribution in [0, 0.1) is 0 Å². The van der Waals surface area contributed by atoms with Crippen molar-refractivity contribution in [1.82, 2.24) is 0 Å². The number of unbranched alkanes of at least 4 members (excludes halogenated alkanes) is 2. The molecule has 0 aliphatic carbocycles. The standard InChI is InChI=1S/C7H14N2O4.C6H14N2O2/c8-7(9,6(12)13)4-2-1-3-5(10)11;7-4-2-1-3-5(8)6(9)10/h1-4,8-9H2,(H,10,11)(H,12,13);5H,1-4,7-8H2,(H,9,10)/t;5-/m.0/s1. The van der Waals surface area contributed by atoms with Crippen LogP contribution in [-0.4, -0.2) is 51.5 Å². The quantitative estimate of drug-likeness (QED) is 0.177. The average molecular weight is 336 g/mol. The summed E-state index contributed by atoms with van der Waals surface area (Å²) in [6, 6.07) is -0.716. The number of hydrogen-bond acceptors (Lipinski definition) is 7. The third-order valence-electron chi connectivity index (χ3n) is 2.92. The van der Waals surface area contributed by atoms with Crippen molar-refractivity contribution in [2.45, 2.75) is 56.7 Å². The lowest BCUT2D eigenvalue weighted by Gasteiger charge is -2.18. The van der Waals surface area contributed by atoms with E-state index in [-0.39, 0.29) is 12.8 Å². The van der Waals surface area contributed by atoms with E-state index in [4.69, 9.17) is 38.3 Å². The van der Waals surface area contributed by atoms with Crippen LogP contribution >= 0.6 is 0 Å². The molecule has 0 saturated heterocycles. The van der Waals surface area contributed by atoms with Crippen LogP contribution in [0.1, 0.15) is 44.9 Å². The summed E-state index contributed by atoms with van der Waals surface area (Å²) in [4.78, 5) is 30.6. The minimum Gasteiger partial charge on any atom is -0.481 e. The van der Waals surface area contributed by atoms with Gasteiger partial charge in [-0.1, -0.05) is 6.42 Å². The first-order chi connectivity index (χ1) is 10.5. The SMILES string of the molecule is NC(N)(CCCCC(=O)O)C(=O)O.NCCCC[C@H](N)C(=O)O. The lowest BCUT2D eigenvalue weighted by Crippen LogP contribution is -2.56. The molecule has 0 aliphatic heterocycles. The van der Waals surface area contributed by atoms with Crippen molar-refractivity contribution in [2.24, 2.45) is 22.9 Å². The fourth-order valence-corrected chi connectivity index (χ4v) is 1.43. The highest BCUT2D eigenvalue weighted by molar-refractivity contribution is 5.77. The number of carboxylic acids is 3. The first-order valence-corrected chi connectivity index (χ1v) is 7.26. The second-order valence-electron chi connectivity index (χ2n) is 5.18. The Morgan fingerprint density at radius 1 is 0.957 bits per heavy atom. The summed E-state index contributed by atoms with van der Waals surface area (Å²) >= 11 is 0. The lowest BCUT2D eigenvalue weighted by molar-refractivity contribution is -0.143. The molecule has 0 unspecified atom stereocenters.